The van der Waals surface area contributed by atoms with E-state index in [2.05, 4.69) is 61.5 Å². The Morgan fingerprint density at radius 3 is 2.24 bits per heavy atom. The van der Waals surface area contributed by atoms with Crippen LogP contribution in [-0.4, -0.2) is 10.7 Å². The highest BCUT2D eigenvalue weighted by Gasteiger charge is 2.33. The first-order valence-corrected chi connectivity index (χ1v) is 7.98. The van der Waals surface area contributed by atoms with Crippen LogP contribution in [0.5, 0.6) is 0 Å². The highest BCUT2D eigenvalue weighted by molar-refractivity contribution is 5.28. The van der Waals surface area contributed by atoms with Gasteiger partial charge < -0.3 is 5.11 Å². The van der Waals surface area contributed by atoms with Crippen LogP contribution in [-0.2, 0) is 6.42 Å². The van der Waals surface area contributed by atoms with Gasteiger partial charge in [-0.3, -0.25) is 0 Å². The van der Waals surface area contributed by atoms with Gasteiger partial charge in [0, 0.05) is 6.42 Å². The van der Waals surface area contributed by atoms with Crippen molar-refractivity contribution in [3.05, 3.63) is 71.3 Å². The Balaban J connectivity index is 1.66. The number of hydrogen-bond donors (Lipinski definition) is 1. The Kier molecular flexibility index (Phi) is 4.12. The normalized spacial score (nSPS) is 25.7. The monoisotopic (exact) mass is 280 g/mol. The second kappa shape index (κ2) is 6.03. The second-order valence-electron chi connectivity index (χ2n) is 6.51. The first-order valence-electron chi connectivity index (χ1n) is 7.98. The molecule has 0 aliphatic heterocycles. The first kappa shape index (κ1) is 14.3. The number of aliphatic hydroxyl groups is 1. The lowest BCUT2D eigenvalue weighted by Crippen LogP contribution is -2.36. The van der Waals surface area contributed by atoms with Gasteiger partial charge in [-0.25, -0.2) is 0 Å². The highest BCUT2D eigenvalue weighted by atomic mass is 16.3. The molecule has 2 aromatic carbocycles. The lowest BCUT2D eigenvalue weighted by atomic mass is 9.73. The molecule has 1 aliphatic carbocycles. The molecule has 1 fully saturated rings. The van der Waals surface area contributed by atoms with Gasteiger partial charge in [-0.05, 0) is 55.2 Å². The number of rotatable bonds is 3. The molecule has 0 radical (unpaired) electrons. The van der Waals surface area contributed by atoms with Crippen LogP contribution in [0.2, 0.25) is 0 Å². The fraction of sp³-hybridized carbons (Fsp3) is 0.400. The zero-order valence-corrected chi connectivity index (χ0v) is 12.8. The Morgan fingerprint density at radius 2 is 1.57 bits per heavy atom. The summed E-state index contributed by atoms with van der Waals surface area (Å²) in [5.41, 5.74) is 3.49. The molecule has 0 unspecified atom stereocenters. The van der Waals surface area contributed by atoms with E-state index in [1.54, 1.807) is 0 Å². The summed E-state index contributed by atoms with van der Waals surface area (Å²) in [5, 5.41) is 10.9. The second-order valence-corrected chi connectivity index (χ2v) is 6.51. The van der Waals surface area contributed by atoms with Crippen LogP contribution in [0.15, 0.2) is 54.6 Å². The molecule has 1 heteroatoms. The maximum atomic E-state index is 10.9. The van der Waals surface area contributed by atoms with Crippen molar-refractivity contribution in [1.82, 2.24) is 0 Å². The van der Waals surface area contributed by atoms with Crippen molar-refractivity contribution in [2.75, 3.05) is 0 Å². The summed E-state index contributed by atoms with van der Waals surface area (Å²) < 4.78 is 0. The average molecular weight is 280 g/mol. The molecule has 110 valence electrons. The maximum absolute atomic E-state index is 10.9. The van der Waals surface area contributed by atoms with Gasteiger partial charge in [0.25, 0.3) is 0 Å². The van der Waals surface area contributed by atoms with Crippen LogP contribution in [0.3, 0.4) is 0 Å². The van der Waals surface area contributed by atoms with Crippen molar-refractivity contribution in [2.45, 2.75) is 50.5 Å². The third-order valence-corrected chi connectivity index (χ3v) is 4.97. The van der Waals surface area contributed by atoms with Crippen LogP contribution < -0.4 is 0 Å². The van der Waals surface area contributed by atoms with E-state index < -0.39 is 5.60 Å². The van der Waals surface area contributed by atoms with Crippen molar-refractivity contribution in [2.24, 2.45) is 0 Å². The molecule has 21 heavy (non-hydrogen) atoms. The van der Waals surface area contributed by atoms with Crippen LogP contribution in [0.25, 0.3) is 0 Å². The van der Waals surface area contributed by atoms with Crippen LogP contribution in [0.4, 0.5) is 0 Å². The van der Waals surface area contributed by atoms with Crippen molar-refractivity contribution < 1.29 is 5.11 Å². The fourth-order valence-electron chi connectivity index (χ4n) is 3.55. The highest BCUT2D eigenvalue weighted by Crippen LogP contribution is 2.39. The van der Waals surface area contributed by atoms with Crippen molar-refractivity contribution in [3.8, 4) is 0 Å². The predicted octanol–water partition coefficient (Wildman–Crippen LogP) is 4.63. The molecule has 1 nitrogen and oxygen atoms in total. The van der Waals surface area contributed by atoms with Gasteiger partial charge in [0.15, 0.2) is 0 Å². The molecule has 2 aromatic rings. The predicted molar refractivity (Wildman–Crippen MR) is 87.5 cm³/mol. The molecule has 1 aliphatic rings. The maximum Gasteiger partial charge on any atom is 0.0688 e. The minimum Gasteiger partial charge on any atom is -0.390 e. The van der Waals surface area contributed by atoms with E-state index in [1.807, 2.05) is 0 Å². The Labute approximate surface area is 127 Å². The largest absolute Gasteiger partial charge is 0.390 e. The van der Waals surface area contributed by atoms with Gasteiger partial charge in [-0.2, -0.15) is 0 Å². The third kappa shape index (κ3) is 3.36. The summed E-state index contributed by atoms with van der Waals surface area (Å²) in [7, 11) is 0. The smallest absolute Gasteiger partial charge is 0.0688 e. The Morgan fingerprint density at radius 1 is 0.952 bits per heavy atom. The molecule has 0 saturated heterocycles. The van der Waals surface area contributed by atoms with E-state index in [1.165, 1.54) is 16.7 Å². The van der Waals surface area contributed by atoms with E-state index in [4.69, 9.17) is 0 Å². The standard InChI is InChI=1S/C20H24O/c1-16-7-5-6-10-19(16)15-20(21)13-11-18(12-14-20)17-8-3-2-4-9-17/h2-10,18,21H,11-15H2,1H3. The van der Waals surface area contributed by atoms with Crippen molar-refractivity contribution >= 4 is 0 Å². The van der Waals surface area contributed by atoms with Gasteiger partial charge in [0.1, 0.15) is 0 Å². The quantitative estimate of drug-likeness (QED) is 0.869. The minimum absolute atomic E-state index is 0.516. The zero-order valence-electron chi connectivity index (χ0n) is 12.8. The van der Waals surface area contributed by atoms with Crippen molar-refractivity contribution in [3.63, 3.8) is 0 Å². The number of aryl methyl sites for hydroxylation is 1. The molecular formula is C20H24O. The Hall–Kier alpha value is -1.60. The van der Waals surface area contributed by atoms with Gasteiger partial charge in [-0.15, -0.1) is 0 Å². The lowest BCUT2D eigenvalue weighted by molar-refractivity contribution is -0.000579. The summed E-state index contributed by atoms with van der Waals surface area (Å²) in [4.78, 5) is 0. The van der Waals surface area contributed by atoms with Gasteiger partial charge in [-0.1, -0.05) is 54.6 Å². The molecule has 0 heterocycles. The zero-order chi connectivity index (χ0) is 14.7. The summed E-state index contributed by atoms with van der Waals surface area (Å²) in [6.07, 6.45) is 4.78. The van der Waals surface area contributed by atoms with Crippen molar-refractivity contribution in [1.29, 1.82) is 0 Å². The molecule has 3 rings (SSSR count). The third-order valence-electron chi connectivity index (χ3n) is 4.97. The Bertz CT molecular complexity index is 580. The van der Waals surface area contributed by atoms with Gasteiger partial charge in [0.2, 0.25) is 0 Å². The molecule has 0 aromatic heterocycles. The van der Waals surface area contributed by atoms with Gasteiger partial charge >= 0.3 is 0 Å². The lowest BCUT2D eigenvalue weighted by Gasteiger charge is -2.36. The number of benzene rings is 2. The summed E-state index contributed by atoms with van der Waals surface area (Å²) in [5.74, 6) is 0.614. The van der Waals surface area contributed by atoms with E-state index in [0.717, 1.165) is 32.1 Å². The summed E-state index contributed by atoms with van der Waals surface area (Å²) in [6, 6.07) is 19.2. The average Bonchev–Trinajstić information content (AvgIpc) is 2.51. The SMILES string of the molecule is Cc1ccccc1CC1(O)CCC(c2ccccc2)CC1. The first-order chi connectivity index (χ1) is 10.2. The topological polar surface area (TPSA) is 20.2 Å². The van der Waals surface area contributed by atoms with E-state index in [0.29, 0.717) is 5.92 Å². The fourth-order valence-corrected chi connectivity index (χ4v) is 3.55. The molecule has 0 amide bonds. The minimum atomic E-state index is -0.516. The van der Waals surface area contributed by atoms with E-state index in [-0.39, 0.29) is 0 Å². The van der Waals surface area contributed by atoms with Crippen LogP contribution in [0.1, 0.15) is 48.3 Å². The van der Waals surface area contributed by atoms with E-state index >= 15 is 0 Å². The van der Waals surface area contributed by atoms with Gasteiger partial charge in [0.05, 0.1) is 5.60 Å². The summed E-state index contributed by atoms with van der Waals surface area (Å²) >= 11 is 0. The van der Waals surface area contributed by atoms with Crippen LogP contribution >= 0.6 is 0 Å². The molecule has 0 spiro atoms. The molecule has 0 atom stereocenters. The molecule has 1 N–H and O–H groups in total. The molecule has 1 saturated carbocycles. The number of hydrogen-bond acceptors (Lipinski definition) is 1. The van der Waals surface area contributed by atoms with Crippen LogP contribution in [0, 0.1) is 6.92 Å². The van der Waals surface area contributed by atoms with E-state index in [9.17, 15) is 5.11 Å². The molecule has 0 bridgehead atoms. The summed E-state index contributed by atoms with van der Waals surface area (Å²) in [6.45, 7) is 2.13. The molecular weight excluding hydrogens is 256 g/mol.